The minimum absolute atomic E-state index is 0.336. The third kappa shape index (κ3) is 2.07. The minimum atomic E-state index is -0.583. The molecule has 3 heterocycles. The van der Waals surface area contributed by atoms with Gasteiger partial charge in [0.25, 0.3) is 0 Å². The molecule has 0 saturated heterocycles. The van der Waals surface area contributed by atoms with Gasteiger partial charge in [-0.05, 0) is 18.2 Å². The molecule has 0 bridgehead atoms. The summed E-state index contributed by atoms with van der Waals surface area (Å²) in [4.78, 5) is 25.4. The van der Waals surface area contributed by atoms with E-state index >= 15 is 0 Å². The van der Waals surface area contributed by atoms with E-state index in [0.717, 1.165) is 21.9 Å². The highest BCUT2D eigenvalue weighted by molar-refractivity contribution is 6.31. The molecular weight excluding hydrogens is 294 g/mol. The van der Waals surface area contributed by atoms with Crippen LogP contribution in [0.2, 0.25) is 5.02 Å². The SMILES string of the molecule is O=c1[nH]c(Cc2nc3c(cnc4ccc(Cl)cc43)[nH]2)no1. The molecule has 0 radical (unpaired) electrons. The summed E-state index contributed by atoms with van der Waals surface area (Å²) in [6, 6.07) is 5.46. The molecule has 0 aliphatic rings. The largest absolute Gasteiger partial charge is 0.438 e. The van der Waals surface area contributed by atoms with Gasteiger partial charge in [-0.15, -0.1) is 0 Å². The molecule has 0 aliphatic heterocycles. The second-order valence-electron chi connectivity index (χ2n) is 4.58. The van der Waals surface area contributed by atoms with Crippen LogP contribution in [0.5, 0.6) is 0 Å². The number of H-pyrrole nitrogens is 2. The molecular formula is C13H8ClN5O2. The number of benzene rings is 1. The average molecular weight is 302 g/mol. The molecule has 0 spiro atoms. The van der Waals surface area contributed by atoms with Crippen molar-refractivity contribution in [3.63, 3.8) is 0 Å². The Morgan fingerprint density at radius 1 is 1.24 bits per heavy atom. The number of rotatable bonds is 2. The molecule has 4 aromatic rings. The number of imidazole rings is 1. The Hall–Kier alpha value is -2.67. The van der Waals surface area contributed by atoms with E-state index in [1.807, 2.05) is 12.1 Å². The normalized spacial score (nSPS) is 11.5. The molecule has 0 fully saturated rings. The summed E-state index contributed by atoms with van der Waals surface area (Å²) in [6.45, 7) is 0. The number of fused-ring (bicyclic) bond motifs is 3. The fourth-order valence-electron chi connectivity index (χ4n) is 2.26. The van der Waals surface area contributed by atoms with Crippen molar-refractivity contribution in [3.05, 3.63) is 51.6 Å². The zero-order valence-corrected chi connectivity index (χ0v) is 11.3. The number of aromatic nitrogens is 5. The number of hydrogen-bond acceptors (Lipinski definition) is 5. The first-order valence-corrected chi connectivity index (χ1v) is 6.54. The Kier molecular flexibility index (Phi) is 2.55. The van der Waals surface area contributed by atoms with Gasteiger partial charge in [-0.2, -0.15) is 0 Å². The number of nitrogens with one attached hydrogen (secondary N) is 2. The lowest BCUT2D eigenvalue weighted by molar-refractivity contribution is 0.382. The number of pyridine rings is 1. The van der Waals surface area contributed by atoms with Crippen LogP contribution in [0.1, 0.15) is 11.6 Å². The van der Waals surface area contributed by atoms with E-state index in [1.165, 1.54) is 0 Å². The van der Waals surface area contributed by atoms with Gasteiger partial charge in [0.1, 0.15) is 5.82 Å². The molecule has 3 aromatic heterocycles. The fraction of sp³-hybridized carbons (Fsp3) is 0.0769. The van der Waals surface area contributed by atoms with Gasteiger partial charge in [0.2, 0.25) is 0 Å². The van der Waals surface area contributed by atoms with E-state index in [-0.39, 0.29) is 0 Å². The van der Waals surface area contributed by atoms with E-state index in [0.29, 0.717) is 23.1 Å². The van der Waals surface area contributed by atoms with E-state index in [1.54, 1.807) is 12.3 Å². The second kappa shape index (κ2) is 4.42. The summed E-state index contributed by atoms with van der Waals surface area (Å²) in [5.41, 5.74) is 2.40. The van der Waals surface area contributed by atoms with Gasteiger partial charge in [-0.1, -0.05) is 16.8 Å². The van der Waals surface area contributed by atoms with Crippen LogP contribution in [0.15, 0.2) is 33.7 Å². The number of halogens is 1. The molecule has 2 N–H and O–H groups in total. The highest BCUT2D eigenvalue weighted by Crippen LogP contribution is 2.24. The van der Waals surface area contributed by atoms with Crippen LogP contribution in [0.3, 0.4) is 0 Å². The Morgan fingerprint density at radius 3 is 2.95 bits per heavy atom. The first kappa shape index (κ1) is 12.1. The maximum Gasteiger partial charge on any atom is 0.438 e. The van der Waals surface area contributed by atoms with Crippen LogP contribution in [-0.4, -0.2) is 25.1 Å². The van der Waals surface area contributed by atoms with Gasteiger partial charge in [0.05, 0.1) is 29.2 Å². The molecule has 8 heteroatoms. The molecule has 4 rings (SSSR count). The lowest BCUT2D eigenvalue weighted by Crippen LogP contribution is -1.98. The highest BCUT2D eigenvalue weighted by atomic mass is 35.5. The van der Waals surface area contributed by atoms with Crippen molar-refractivity contribution in [1.29, 1.82) is 0 Å². The summed E-state index contributed by atoms with van der Waals surface area (Å²) in [6.07, 6.45) is 2.05. The Balaban J connectivity index is 1.87. The Labute approximate surface area is 122 Å². The molecule has 0 saturated carbocycles. The summed E-state index contributed by atoms with van der Waals surface area (Å²) >= 11 is 6.03. The topological polar surface area (TPSA) is 100 Å². The lowest BCUT2D eigenvalue weighted by Gasteiger charge is -1.97. The maximum absolute atomic E-state index is 10.9. The van der Waals surface area contributed by atoms with Crippen molar-refractivity contribution in [2.45, 2.75) is 6.42 Å². The molecule has 0 amide bonds. The molecule has 104 valence electrons. The van der Waals surface area contributed by atoms with Crippen LogP contribution in [0, 0.1) is 0 Å². The average Bonchev–Trinajstić information content (AvgIpc) is 3.05. The van der Waals surface area contributed by atoms with Gasteiger partial charge in [0, 0.05) is 10.4 Å². The third-order valence-electron chi connectivity index (χ3n) is 3.15. The fourth-order valence-corrected chi connectivity index (χ4v) is 2.43. The smallest absolute Gasteiger partial charge is 0.340 e. The third-order valence-corrected chi connectivity index (χ3v) is 3.38. The monoisotopic (exact) mass is 301 g/mol. The van der Waals surface area contributed by atoms with Crippen molar-refractivity contribution in [2.24, 2.45) is 0 Å². The number of hydrogen-bond donors (Lipinski definition) is 2. The van der Waals surface area contributed by atoms with Gasteiger partial charge in [-0.3, -0.25) is 14.5 Å². The van der Waals surface area contributed by atoms with E-state index < -0.39 is 5.76 Å². The predicted molar refractivity (Wildman–Crippen MR) is 76.3 cm³/mol. The molecule has 0 unspecified atom stereocenters. The summed E-state index contributed by atoms with van der Waals surface area (Å²) in [5, 5.41) is 5.12. The van der Waals surface area contributed by atoms with Gasteiger partial charge in [0.15, 0.2) is 5.82 Å². The van der Waals surface area contributed by atoms with Crippen LogP contribution in [0.25, 0.3) is 21.9 Å². The standard InChI is InChI=1S/C13H8ClN5O2/c14-6-1-2-8-7(3-6)12-9(5-15-8)16-10(17-12)4-11-18-13(20)21-19-11/h1-3,5H,4H2,(H,16,17)(H,18,19,20). The molecule has 21 heavy (non-hydrogen) atoms. The van der Waals surface area contributed by atoms with E-state index in [9.17, 15) is 4.79 Å². The summed E-state index contributed by atoms with van der Waals surface area (Å²) in [5.74, 6) is 0.484. The van der Waals surface area contributed by atoms with Crippen molar-refractivity contribution < 1.29 is 4.52 Å². The summed E-state index contributed by atoms with van der Waals surface area (Å²) in [7, 11) is 0. The van der Waals surface area contributed by atoms with Crippen LogP contribution >= 0.6 is 11.6 Å². The molecule has 0 aliphatic carbocycles. The van der Waals surface area contributed by atoms with Crippen molar-refractivity contribution in [3.8, 4) is 0 Å². The van der Waals surface area contributed by atoms with Crippen molar-refractivity contribution in [1.82, 2.24) is 25.1 Å². The maximum atomic E-state index is 10.9. The zero-order valence-electron chi connectivity index (χ0n) is 10.6. The highest BCUT2D eigenvalue weighted by Gasteiger charge is 2.10. The van der Waals surface area contributed by atoms with Crippen LogP contribution in [0.4, 0.5) is 0 Å². The summed E-state index contributed by atoms with van der Waals surface area (Å²) < 4.78 is 4.46. The predicted octanol–water partition coefficient (Wildman–Crippen LogP) is 2.03. The molecule has 7 nitrogen and oxygen atoms in total. The second-order valence-corrected chi connectivity index (χ2v) is 5.02. The van der Waals surface area contributed by atoms with Crippen LogP contribution in [-0.2, 0) is 6.42 Å². The zero-order chi connectivity index (χ0) is 14.4. The van der Waals surface area contributed by atoms with Crippen molar-refractivity contribution >= 4 is 33.5 Å². The Morgan fingerprint density at radius 2 is 2.14 bits per heavy atom. The van der Waals surface area contributed by atoms with E-state index in [4.69, 9.17) is 11.6 Å². The number of aromatic amines is 2. The minimum Gasteiger partial charge on any atom is -0.340 e. The first-order valence-electron chi connectivity index (χ1n) is 6.17. The quantitative estimate of drug-likeness (QED) is 0.590. The molecule has 1 aromatic carbocycles. The van der Waals surface area contributed by atoms with Gasteiger partial charge < -0.3 is 4.98 Å². The number of nitrogens with zero attached hydrogens (tertiary/aromatic N) is 3. The first-order chi connectivity index (χ1) is 10.2. The van der Waals surface area contributed by atoms with E-state index in [2.05, 4.69) is 29.6 Å². The van der Waals surface area contributed by atoms with Crippen molar-refractivity contribution in [2.75, 3.05) is 0 Å². The van der Waals surface area contributed by atoms with Gasteiger partial charge in [-0.25, -0.2) is 9.78 Å². The van der Waals surface area contributed by atoms with Gasteiger partial charge >= 0.3 is 5.76 Å². The molecule has 0 atom stereocenters. The lowest BCUT2D eigenvalue weighted by atomic mass is 10.2. The Bertz CT molecular complexity index is 1020. The van der Waals surface area contributed by atoms with Crippen LogP contribution < -0.4 is 5.76 Å².